The molecule has 0 bridgehead atoms. The maximum atomic E-state index is 12.5. The second-order valence-corrected chi connectivity index (χ2v) is 9.73. The van der Waals surface area contributed by atoms with Gasteiger partial charge in [0.2, 0.25) is 10.0 Å². The summed E-state index contributed by atoms with van der Waals surface area (Å²) in [5, 5.41) is 15.2. The topological polar surface area (TPSA) is 127 Å². The summed E-state index contributed by atoms with van der Waals surface area (Å²) in [5.41, 5.74) is 0.435. The Labute approximate surface area is 158 Å². The van der Waals surface area contributed by atoms with Gasteiger partial charge in [-0.05, 0) is 27.2 Å². The van der Waals surface area contributed by atoms with Crippen LogP contribution in [0.25, 0.3) is 11.3 Å². The van der Waals surface area contributed by atoms with E-state index < -0.39 is 32.4 Å². The molecule has 0 radical (unpaired) electrons. The number of hydrogen-bond donors (Lipinski definition) is 2. The first kappa shape index (κ1) is 19.4. The van der Waals surface area contributed by atoms with Crippen molar-refractivity contribution in [3.05, 3.63) is 42.4 Å². The number of carbonyl (C=O) groups is 1. The van der Waals surface area contributed by atoms with Crippen LogP contribution in [0.2, 0.25) is 0 Å². The van der Waals surface area contributed by atoms with Crippen molar-refractivity contribution in [3.63, 3.8) is 0 Å². The highest BCUT2D eigenvalue weighted by Crippen LogP contribution is 2.51. The molecule has 1 fully saturated rings. The number of nitrogens with zero attached hydrogens (tertiary/aromatic N) is 2. The van der Waals surface area contributed by atoms with Gasteiger partial charge < -0.3 is 9.52 Å². The van der Waals surface area contributed by atoms with Gasteiger partial charge in [0.1, 0.15) is 4.75 Å². The number of primary sulfonamides is 1. The van der Waals surface area contributed by atoms with Crippen molar-refractivity contribution >= 4 is 16.1 Å². The Kier molecular flexibility index (Phi) is 4.55. The van der Waals surface area contributed by atoms with Crippen LogP contribution >= 0.6 is 0 Å². The van der Waals surface area contributed by atoms with E-state index in [4.69, 9.17) is 9.56 Å². The van der Waals surface area contributed by atoms with Gasteiger partial charge in [-0.2, -0.15) is 0 Å². The van der Waals surface area contributed by atoms with Crippen molar-refractivity contribution in [3.8, 4) is 11.3 Å². The number of aromatic nitrogens is 1. The molecule has 0 saturated heterocycles. The number of carboxylic acid groups (broad SMARTS) is 1. The van der Waals surface area contributed by atoms with Crippen molar-refractivity contribution in [2.75, 3.05) is 0 Å². The molecule has 3 rings (SSSR count). The molecular formula is C18H23N3O5S. The molecule has 1 saturated carbocycles. The van der Waals surface area contributed by atoms with Gasteiger partial charge >= 0.3 is 6.09 Å². The van der Waals surface area contributed by atoms with Crippen LogP contribution in [0, 0.1) is 0 Å². The quantitative estimate of drug-likeness (QED) is 0.803. The highest BCUT2D eigenvalue weighted by atomic mass is 32.2. The summed E-state index contributed by atoms with van der Waals surface area (Å²) in [5.74, 6) is 0.460. The Bertz CT molecular complexity index is 949. The van der Waals surface area contributed by atoms with E-state index in [0.29, 0.717) is 11.5 Å². The maximum Gasteiger partial charge on any atom is 0.408 e. The molecule has 9 heteroatoms. The van der Waals surface area contributed by atoms with Gasteiger partial charge in [0.25, 0.3) is 0 Å². The average molecular weight is 393 g/mol. The van der Waals surface area contributed by atoms with E-state index in [1.807, 2.05) is 30.3 Å². The minimum atomic E-state index is -4.04. The number of amides is 1. The lowest BCUT2D eigenvalue weighted by atomic mass is 10.0. The number of hydrogen-bond acceptors (Lipinski definition) is 5. The van der Waals surface area contributed by atoms with Gasteiger partial charge in [0.15, 0.2) is 12.2 Å². The van der Waals surface area contributed by atoms with Gasteiger partial charge in [0, 0.05) is 17.5 Å². The molecule has 0 aliphatic heterocycles. The van der Waals surface area contributed by atoms with Gasteiger partial charge in [-0.1, -0.05) is 30.3 Å². The van der Waals surface area contributed by atoms with Crippen LogP contribution < -0.4 is 5.14 Å². The monoisotopic (exact) mass is 393 g/mol. The summed E-state index contributed by atoms with van der Waals surface area (Å²) in [6, 6.07) is 8.44. The largest absolute Gasteiger partial charge is 0.465 e. The Morgan fingerprint density at radius 2 is 2.00 bits per heavy atom. The van der Waals surface area contributed by atoms with E-state index in [1.165, 1.54) is 11.3 Å². The molecule has 8 nitrogen and oxygen atoms in total. The van der Waals surface area contributed by atoms with Crippen molar-refractivity contribution in [2.24, 2.45) is 5.14 Å². The zero-order chi connectivity index (χ0) is 20.0. The summed E-state index contributed by atoms with van der Waals surface area (Å²) in [7, 11) is -4.04. The molecule has 2 aromatic rings. The Balaban J connectivity index is 1.99. The van der Waals surface area contributed by atoms with Gasteiger partial charge in [-0.25, -0.2) is 23.3 Å². The zero-order valence-corrected chi connectivity index (χ0v) is 16.2. The van der Waals surface area contributed by atoms with Crippen LogP contribution in [0.4, 0.5) is 4.79 Å². The molecule has 3 N–H and O–H groups in total. The molecule has 27 heavy (non-hydrogen) atoms. The SMILES string of the molecule is CC(C)(C)N(C(=O)O)C1CC1(Cc1ncoc1-c1ccccc1)S(N)(=O)=O. The fourth-order valence-corrected chi connectivity index (χ4v) is 4.79. The normalized spacial score (nSPS) is 22.4. The van der Waals surface area contributed by atoms with E-state index in [0.717, 1.165) is 5.56 Å². The Morgan fingerprint density at radius 3 is 2.52 bits per heavy atom. The summed E-state index contributed by atoms with van der Waals surface area (Å²) in [6.07, 6.45) is 0.180. The van der Waals surface area contributed by atoms with Crippen LogP contribution in [-0.4, -0.2) is 45.8 Å². The van der Waals surface area contributed by atoms with Crippen LogP contribution in [-0.2, 0) is 16.4 Å². The molecule has 2 unspecified atom stereocenters. The van der Waals surface area contributed by atoms with E-state index in [9.17, 15) is 18.3 Å². The lowest BCUT2D eigenvalue weighted by Crippen LogP contribution is -2.51. The molecule has 1 aliphatic carbocycles. The van der Waals surface area contributed by atoms with Crippen LogP contribution in [0.5, 0.6) is 0 Å². The number of rotatable bonds is 5. The van der Waals surface area contributed by atoms with E-state index >= 15 is 0 Å². The second-order valence-electron chi connectivity index (χ2n) is 7.82. The number of benzene rings is 1. The third kappa shape index (κ3) is 3.44. The molecule has 146 valence electrons. The highest BCUT2D eigenvalue weighted by molar-refractivity contribution is 7.91. The lowest BCUT2D eigenvalue weighted by Gasteiger charge is -2.35. The highest BCUT2D eigenvalue weighted by Gasteiger charge is 2.67. The summed E-state index contributed by atoms with van der Waals surface area (Å²) < 4.78 is 29.0. The predicted octanol–water partition coefficient (Wildman–Crippen LogP) is 2.46. The Hall–Kier alpha value is -2.39. The summed E-state index contributed by atoms with van der Waals surface area (Å²) in [4.78, 5) is 17.1. The van der Waals surface area contributed by atoms with Crippen molar-refractivity contribution in [1.82, 2.24) is 9.88 Å². The van der Waals surface area contributed by atoms with Crippen molar-refractivity contribution in [1.29, 1.82) is 0 Å². The van der Waals surface area contributed by atoms with Crippen LogP contribution in [0.3, 0.4) is 0 Å². The fraction of sp³-hybridized carbons (Fsp3) is 0.444. The number of nitrogens with two attached hydrogens (primary N) is 1. The molecule has 1 aliphatic rings. The minimum Gasteiger partial charge on any atom is -0.465 e. The summed E-state index contributed by atoms with van der Waals surface area (Å²) in [6.45, 7) is 5.16. The van der Waals surface area contributed by atoms with Gasteiger partial charge in [-0.3, -0.25) is 4.90 Å². The maximum absolute atomic E-state index is 12.5. The third-order valence-electron chi connectivity index (χ3n) is 4.94. The average Bonchev–Trinajstić information content (AvgIpc) is 3.05. The van der Waals surface area contributed by atoms with Crippen LogP contribution in [0.1, 0.15) is 32.9 Å². The molecule has 1 aromatic carbocycles. The molecular weight excluding hydrogens is 370 g/mol. The molecule has 0 spiro atoms. The standard InChI is InChI=1S/C18H23N3O5S/c1-17(2,3)21(16(22)23)14-10-18(14,27(19,24)25)9-13-15(26-11-20-13)12-7-5-4-6-8-12/h4-8,11,14H,9-10H2,1-3H3,(H,22,23)(H2,19,24,25). The first-order chi connectivity index (χ1) is 12.5. The smallest absolute Gasteiger partial charge is 0.408 e. The third-order valence-corrected chi connectivity index (χ3v) is 6.65. The van der Waals surface area contributed by atoms with E-state index in [-0.39, 0.29) is 12.8 Å². The molecule has 1 amide bonds. The van der Waals surface area contributed by atoms with Crippen LogP contribution in [0.15, 0.2) is 41.1 Å². The number of sulfonamides is 1. The Morgan fingerprint density at radius 1 is 1.37 bits per heavy atom. The van der Waals surface area contributed by atoms with Crippen molar-refractivity contribution < 1.29 is 22.7 Å². The van der Waals surface area contributed by atoms with E-state index in [2.05, 4.69) is 4.98 Å². The van der Waals surface area contributed by atoms with Gasteiger partial charge in [0.05, 0.1) is 11.7 Å². The lowest BCUT2D eigenvalue weighted by molar-refractivity contribution is 0.0927. The van der Waals surface area contributed by atoms with E-state index in [1.54, 1.807) is 20.8 Å². The first-order valence-electron chi connectivity index (χ1n) is 8.50. The second kappa shape index (κ2) is 6.35. The molecule has 1 aromatic heterocycles. The molecule has 2 atom stereocenters. The van der Waals surface area contributed by atoms with Crippen molar-refractivity contribution in [2.45, 2.75) is 49.9 Å². The molecule has 1 heterocycles. The zero-order valence-electron chi connectivity index (χ0n) is 15.4. The van der Waals surface area contributed by atoms with Gasteiger partial charge in [-0.15, -0.1) is 0 Å². The summed E-state index contributed by atoms with van der Waals surface area (Å²) >= 11 is 0. The first-order valence-corrected chi connectivity index (χ1v) is 10.0. The predicted molar refractivity (Wildman–Crippen MR) is 99.5 cm³/mol. The number of oxazole rings is 1. The minimum absolute atomic E-state index is 0.0168. The fourth-order valence-electron chi connectivity index (χ4n) is 3.58.